The summed E-state index contributed by atoms with van der Waals surface area (Å²) in [6.07, 6.45) is 2.75. The molecule has 3 heterocycles. The molecule has 3 rings (SSSR count). The smallest absolute Gasteiger partial charge is 0.135 e. The third-order valence-electron chi connectivity index (χ3n) is 5.04. The van der Waals surface area contributed by atoms with Crippen LogP contribution in [0.3, 0.4) is 0 Å². The van der Waals surface area contributed by atoms with Gasteiger partial charge in [0.15, 0.2) is 0 Å². The van der Waals surface area contributed by atoms with Crippen molar-refractivity contribution in [3.63, 3.8) is 0 Å². The van der Waals surface area contributed by atoms with E-state index in [2.05, 4.69) is 43.2 Å². The first-order chi connectivity index (χ1) is 12.3. The fourth-order valence-corrected chi connectivity index (χ4v) is 4.30. The number of hydrogen-bond donors (Lipinski definition) is 0. The van der Waals surface area contributed by atoms with Gasteiger partial charge in [0.2, 0.25) is 0 Å². The molecule has 0 amide bonds. The van der Waals surface area contributed by atoms with Gasteiger partial charge in [0, 0.05) is 44.7 Å². The van der Waals surface area contributed by atoms with E-state index < -0.39 is 0 Å². The van der Waals surface area contributed by atoms with Crippen molar-refractivity contribution in [2.24, 2.45) is 0 Å². The number of ether oxygens (including phenoxy) is 1. The maximum atomic E-state index is 9.72. The van der Waals surface area contributed by atoms with E-state index >= 15 is 0 Å². The van der Waals surface area contributed by atoms with Crippen LogP contribution in [0.1, 0.15) is 37.5 Å². The summed E-state index contributed by atoms with van der Waals surface area (Å²) in [6, 6.07) is 2.40. The number of thioether (sulfide) groups is 1. The highest BCUT2D eigenvalue weighted by atomic mass is 32.2. The minimum atomic E-state index is -0.243. The van der Waals surface area contributed by atoms with Crippen LogP contribution < -0.4 is 4.90 Å². The molecule has 2 aliphatic rings. The zero-order valence-electron chi connectivity index (χ0n) is 16.3. The van der Waals surface area contributed by atoms with Crippen LogP contribution in [-0.4, -0.2) is 54.5 Å². The lowest BCUT2D eigenvalue weighted by Crippen LogP contribution is -2.47. The second-order valence-electron chi connectivity index (χ2n) is 7.83. The standard InChI is InChI=1S/C20H28N4OS/c1-14(2)12-23-6-8-24(9-7-23)18-17-13-25-20(3,4)10-15(17)16(11-21)19(22-18)26-5/h1,6-10,12-13H2,2-5H3. The summed E-state index contributed by atoms with van der Waals surface area (Å²) in [5.41, 5.74) is 3.92. The predicted molar refractivity (Wildman–Crippen MR) is 107 cm³/mol. The Hall–Kier alpha value is -1.55. The van der Waals surface area contributed by atoms with E-state index in [9.17, 15) is 5.26 Å². The molecule has 140 valence electrons. The maximum absolute atomic E-state index is 9.72. The van der Waals surface area contributed by atoms with Crippen LogP contribution in [0.4, 0.5) is 5.82 Å². The molecule has 1 fully saturated rings. The highest BCUT2D eigenvalue weighted by Gasteiger charge is 2.33. The van der Waals surface area contributed by atoms with Gasteiger partial charge < -0.3 is 9.64 Å². The number of piperazine rings is 1. The van der Waals surface area contributed by atoms with Crippen molar-refractivity contribution in [1.29, 1.82) is 5.26 Å². The number of fused-ring (bicyclic) bond motifs is 1. The van der Waals surface area contributed by atoms with Crippen molar-refractivity contribution in [2.75, 3.05) is 43.9 Å². The van der Waals surface area contributed by atoms with Crippen LogP contribution in [0.15, 0.2) is 17.2 Å². The Balaban J connectivity index is 1.94. The van der Waals surface area contributed by atoms with Crippen molar-refractivity contribution >= 4 is 17.6 Å². The van der Waals surface area contributed by atoms with E-state index in [1.165, 1.54) is 5.57 Å². The first kappa shape index (κ1) is 19.2. The summed E-state index contributed by atoms with van der Waals surface area (Å²) in [6.45, 7) is 15.7. The minimum Gasteiger partial charge on any atom is -0.370 e. The number of hydrogen-bond acceptors (Lipinski definition) is 6. The molecule has 6 heteroatoms. The van der Waals surface area contributed by atoms with Crippen LogP contribution in [0, 0.1) is 11.3 Å². The van der Waals surface area contributed by atoms with Gasteiger partial charge in [0.25, 0.3) is 0 Å². The van der Waals surface area contributed by atoms with Crippen molar-refractivity contribution in [2.45, 2.75) is 44.4 Å². The lowest BCUT2D eigenvalue weighted by Gasteiger charge is -2.39. The fraction of sp³-hybridized carbons (Fsp3) is 0.600. The van der Waals surface area contributed by atoms with Crippen LogP contribution >= 0.6 is 11.8 Å². The first-order valence-corrected chi connectivity index (χ1v) is 10.3. The average Bonchev–Trinajstić information content (AvgIpc) is 2.59. The summed E-state index contributed by atoms with van der Waals surface area (Å²) in [5, 5.41) is 10.6. The van der Waals surface area contributed by atoms with Gasteiger partial charge in [-0.1, -0.05) is 12.2 Å². The molecule has 5 nitrogen and oxygen atoms in total. The van der Waals surface area contributed by atoms with E-state index in [1.54, 1.807) is 11.8 Å². The highest BCUT2D eigenvalue weighted by molar-refractivity contribution is 7.98. The van der Waals surface area contributed by atoms with Crippen molar-refractivity contribution in [3.8, 4) is 6.07 Å². The van der Waals surface area contributed by atoms with Gasteiger partial charge in [-0.2, -0.15) is 5.26 Å². The summed E-state index contributed by atoms with van der Waals surface area (Å²) in [4.78, 5) is 9.68. The SMILES string of the molecule is C=C(C)CN1CCN(c2nc(SC)c(C#N)c3c2COC(C)(C)C3)CC1. The molecule has 26 heavy (non-hydrogen) atoms. The van der Waals surface area contributed by atoms with Crippen molar-refractivity contribution < 1.29 is 4.74 Å². The third-order valence-corrected chi connectivity index (χ3v) is 5.72. The highest BCUT2D eigenvalue weighted by Crippen LogP contribution is 2.38. The molecule has 0 aliphatic carbocycles. The molecule has 1 saturated heterocycles. The molecule has 0 N–H and O–H groups in total. The lowest BCUT2D eigenvalue weighted by atomic mass is 9.89. The third kappa shape index (κ3) is 3.90. The lowest BCUT2D eigenvalue weighted by molar-refractivity contribution is -0.0402. The molecule has 0 aromatic carbocycles. The van der Waals surface area contributed by atoms with E-state index in [0.717, 1.165) is 66.7 Å². The number of aromatic nitrogens is 1. The minimum absolute atomic E-state index is 0.243. The molecular formula is C20H28N4OS. The van der Waals surface area contributed by atoms with Gasteiger partial charge in [-0.25, -0.2) is 4.98 Å². The van der Waals surface area contributed by atoms with Crippen LogP contribution in [0.5, 0.6) is 0 Å². The summed E-state index contributed by atoms with van der Waals surface area (Å²) >= 11 is 1.56. The molecule has 1 aromatic rings. The molecule has 0 radical (unpaired) electrons. The number of pyridine rings is 1. The molecule has 2 aliphatic heterocycles. The van der Waals surface area contributed by atoms with Crippen molar-refractivity contribution in [3.05, 3.63) is 28.8 Å². The largest absolute Gasteiger partial charge is 0.370 e. The number of nitriles is 1. The monoisotopic (exact) mass is 372 g/mol. The van der Waals surface area contributed by atoms with Crippen LogP contribution in [-0.2, 0) is 17.8 Å². The average molecular weight is 373 g/mol. The van der Waals surface area contributed by atoms with Gasteiger partial charge in [0.1, 0.15) is 16.9 Å². The Morgan fingerprint density at radius 2 is 2.00 bits per heavy atom. The molecule has 0 unspecified atom stereocenters. The summed E-state index contributed by atoms with van der Waals surface area (Å²) in [7, 11) is 0. The first-order valence-electron chi connectivity index (χ1n) is 9.10. The number of rotatable bonds is 4. The molecule has 0 atom stereocenters. The van der Waals surface area contributed by atoms with E-state index in [-0.39, 0.29) is 5.60 Å². The van der Waals surface area contributed by atoms with E-state index in [0.29, 0.717) is 6.61 Å². The molecular weight excluding hydrogens is 344 g/mol. The zero-order chi connectivity index (χ0) is 18.9. The Kier molecular flexibility index (Phi) is 5.61. The van der Waals surface area contributed by atoms with Gasteiger partial charge >= 0.3 is 0 Å². The topological polar surface area (TPSA) is 52.4 Å². The zero-order valence-corrected chi connectivity index (χ0v) is 17.1. The Morgan fingerprint density at radius 1 is 1.31 bits per heavy atom. The molecule has 0 spiro atoms. The molecule has 0 saturated carbocycles. The van der Waals surface area contributed by atoms with E-state index in [4.69, 9.17) is 9.72 Å². The van der Waals surface area contributed by atoms with Gasteiger partial charge in [-0.3, -0.25) is 4.90 Å². The second-order valence-corrected chi connectivity index (χ2v) is 8.63. The fourth-order valence-electron chi connectivity index (χ4n) is 3.75. The Morgan fingerprint density at radius 3 is 2.58 bits per heavy atom. The van der Waals surface area contributed by atoms with Gasteiger partial charge in [-0.05, 0) is 32.6 Å². The van der Waals surface area contributed by atoms with E-state index in [1.807, 2.05) is 6.26 Å². The number of nitrogens with zero attached hydrogens (tertiary/aromatic N) is 4. The Labute approximate surface area is 161 Å². The maximum Gasteiger partial charge on any atom is 0.135 e. The number of anilines is 1. The van der Waals surface area contributed by atoms with Crippen LogP contribution in [0.25, 0.3) is 0 Å². The predicted octanol–water partition coefficient (Wildman–Crippen LogP) is 3.22. The normalized spacial score (nSPS) is 19.7. The van der Waals surface area contributed by atoms with Gasteiger partial charge in [0.05, 0.1) is 17.8 Å². The van der Waals surface area contributed by atoms with Gasteiger partial charge in [-0.15, -0.1) is 11.8 Å². The quantitative estimate of drug-likeness (QED) is 0.597. The van der Waals surface area contributed by atoms with Crippen molar-refractivity contribution in [1.82, 2.24) is 9.88 Å². The molecule has 0 bridgehead atoms. The second kappa shape index (κ2) is 7.59. The molecule has 1 aromatic heterocycles. The summed E-state index contributed by atoms with van der Waals surface area (Å²) in [5.74, 6) is 1.01. The Bertz CT molecular complexity index is 745. The summed E-state index contributed by atoms with van der Waals surface area (Å²) < 4.78 is 6.07. The van der Waals surface area contributed by atoms with Crippen LogP contribution in [0.2, 0.25) is 0 Å².